The van der Waals surface area contributed by atoms with Crippen molar-refractivity contribution in [3.8, 4) is 11.5 Å². The van der Waals surface area contributed by atoms with Gasteiger partial charge in [0.05, 0.1) is 0 Å². The Bertz CT molecular complexity index is 876. The van der Waals surface area contributed by atoms with Gasteiger partial charge in [-0.25, -0.2) is 9.59 Å². The van der Waals surface area contributed by atoms with E-state index in [-0.39, 0.29) is 52.9 Å². The van der Waals surface area contributed by atoms with E-state index in [0.717, 1.165) is 5.56 Å². The number of benzene rings is 2. The van der Waals surface area contributed by atoms with Crippen LogP contribution in [0.5, 0.6) is 11.5 Å². The molecular weight excluding hydrogens is 426 g/mol. The van der Waals surface area contributed by atoms with E-state index in [2.05, 4.69) is 0 Å². The standard InChI is InChI=1S/C15H22O3.C7H6O3.Zn/c1-14(2,3)9-7-10(13(17)18)12(16)11(8-9)15(4,5)6;8-6-4-2-1-3-5(6)7(9)10;/h7-8,16H,1-6H3,(H,17,18);1-4,8H,(H,9,10);. The molecular formula is C22H28O6Zn. The van der Waals surface area contributed by atoms with Crippen LogP contribution in [-0.4, -0.2) is 32.4 Å². The van der Waals surface area contributed by atoms with E-state index < -0.39 is 11.9 Å². The summed E-state index contributed by atoms with van der Waals surface area (Å²) in [7, 11) is 0. The minimum Gasteiger partial charge on any atom is -0.507 e. The number of aromatic carboxylic acids is 2. The number of para-hydroxylation sites is 1. The smallest absolute Gasteiger partial charge is 0.339 e. The number of carboxylic acid groups (broad SMARTS) is 2. The number of carbonyl (C=O) groups is 2. The Hall–Kier alpha value is -2.40. The third kappa shape index (κ3) is 7.17. The van der Waals surface area contributed by atoms with Crippen LogP contribution >= 0.6 is 0 Å². The van der Waals surface area contributed by atoms with Crippen molar-refractivity contribution in [1.82, 2.24) is 0 Å². The molecule has 0 radical (unpaired) electrons. The fourth-order valence-corrected chi connectivity index (χ4v) is 2.46. The molecule has 0 heterocycles. The van der Waals surface area contributed by atoms with Crippen LogP contribution in [0.3, 0.4) is 0 Å². The van der Waals surface area contributed by atoms with Gasteiger partial charge in [-0.3, -0.25) is 0 Å². The third-order valence-corrected chi connectivity index (χ3v) is 4.15. The molecule has 0 amide bonds. The minimum atomic E-state index is -1.11. The first-order valence-corrected chi connectivity index (χ1v) is 8.78. The van der Waals surface area contributed by atoms with E-state index >= 15 is 0 Å². The van der Waals surface area contributed by atoms with Crippen LogP contribution in [0.1, 0.15) is 73.4 Å². The predicted molar refractivity (Wildman–Crippen MR) is 108 cm³/mol. The first-order valence-electron chi connectivity index (χ1n) is 8.78. The molecule has 0 aliphatic heterocycles. The van der Waals surface area contributed by atoms with Crippen molar-refractivity contribution in [1.29, 1.82) is 0 Å². The maximum atomic E-state index is 11.2. The SMILES string of the molecule is CC(C)(C)c1cc(C(=O)O)c(O)c(C(C)(C)C)c1.O=C(O)c1ccccc1O.[Zn]. The van der Waals surface area contributed by atoms with Crippen molar-refractivity contribution < 1.29 is 49.5 Å². The summed E-state index contributed by atoms with van der Waals surface area (Å²) >= 11 is 0. The first-order chi connectivity index (χ1) is 12.7. The molecule has 0 aliphatic carbocycles. The van der Waals surface area contributed by atoms with Crippen LogP contribution in [0.2, 0.25) is 0 Å². The fraction of sp³-hybridized carbons (Fsp3) is 0.364. The summed E-state index contributed by atoms with van der Waals surface area (Å²) < 4.78 is 0. The molecule has 0 aromatic heterocycles. The molecule has 0 atom stereocenters. The molecule has 6 nitrogen and oxygen atoms in total. The van der Waals surface area contributed by atoms with Gasteiger partial charge in [0.1, 0.15) is 22.6 Å². The number of hydrogen-bond donors (Lipinski definition) is 4. The van der Waals surface area contributed by atoms with Crippen molar-refractivity contribution in [2.75, 3.05) is 0 Å². The number of carboxylic acids is 2. The van der Waals surface area contributed by atoms with Crippen LogP contribution in [-0.2, 0) is 30.3 Å². The second-order valence-electron chi connectivity index (χ2n) is 8.55. The summed E-state index contributed by atoms with van der Waals surface area (Å²) in [5.41, 5.74) is 1.05. The molecule has 0 saturated heterocycles. The van der Waals surface area contributed by atoms with E-state index in [0.29, 0.717) is 5.56 Å². The maximum Gasteiger partial charge on any atom is 0.339 e. The van der Waals surface area contributed by atoms with Crippen molar-refractivity contribution >= 4 is 11.9 Å². The third-order valence-electron chi connectivity index (χ3n) is 4.15. The van der Waals surface area contributed by atoms with Gasteiger partial charge in [0.25, 0.3) is 0 Å². The molecule has 29 heavy (non-hydrogen) atoms. The minimum absolute atomic E-state index is 0. The Morgan fingerprint density at radius 2 is 1.24 bits per heavy atom. The zero-order chi connectivity index (χ0) is 21.9. The molecule has 154 valence electrons. The van der Waals surface area contributed by atoms with E-state index in [1.807, 2.05) is 47.6 Å². The molecule has 0 fully saturated rings. The van der Waals surface area contributed by atoms with Crippen molar-refractivity contribution in [3.05, 3.63) is 58.7 Å². The molecule has 4 N–H and O–H groups in total. The Labute approximate surface area is 184 Å². The van der Waals surface area contributed by atoms with Crippen molar-refractivity contribution in [2.45, 2.75) is 52.4 Å². The van der Waals surface area contributed by atoms with Crippen LogP contribution in [0.25, 0.3) is 0 Å². The molecule has 2 rings (SSSR count). The first kappa shape index (κ1) is 26.6. The van der Waals surface area contributed by atoms with Crippen molar-refractivity contribution in [2.24, 2.45) is 0 Å². The van der Waals surface area contributed by atoms with E-state index in [4.69, 9.17) is 10.2 Å². The number of aromatic hydroxyl groups is 2. The van der Waals surface area contributed by atoms with Gasteiger partial charge in [-0.1, -0.05) is 59.7 Å². The molecule has 7 heteroatoms. The quantitative estimate of drug-likeness (QED) is 0.487. The average molecular weight is 454 g/mol. The Kier molecular flexibility index (Phi) is 9.06. The van der Waals surface area contributed by atoms with Gasteiger partial charge in [-0.2, -0.15) is 0 Å². The van der Waals surface area contributed by atoms with Gasteiger partial charge in [0.15, 0.2) is 0 Å². The Morgan fingerprint density at radius 1 is 0.759 bits per heavy atom. The molecule has 2 aromatic rings. The summed E-state index contributed by atoms with van der Waals surface area (Å²) in [6, 6.07) is 9.28. The second-order valence-corrected chi connectivity index (χ2v) is 8.55. The summed E-state index contributed by atoms with van der Waals surface area (Å²) in [4.78, 5) is 21.5. The summed E-state index contributed by atoms with van der Waals surface area (Å²) in [6.07, 6.45) is 0. The monoisotopic (exact) mass is 452 g/mol. The topological polar surface area (TPSA) is 115 Å². The number of rotatable bonds is 2. The zero-order valence-electron chi connectivity index (χ0n) is 17.8. The van der Waals surface area contributed by atoms with Crippen molar-refractivity contribution in [3.63, 3.8) is 0 Å². The Balaban J connectivity index is 0.000000606. The number of hydrogen-bond acceptors (Lipinski definition) is 4. The average Bonchev–Trinajstić information content (AvgIpc) is 2.53. The predicted octanol–water partition coefficient (Wildman–Crippen LogP) is 4.77. The van der Waals surface area contributed by atoms with Gasteiger partial charge >= 0.3 is 11.9 Å². The summed E-state index contributed by atoms with van der Waals surface area (Å²) in [6.45, 7) is 12.0. The van der Waals surface area contributed by atoms with Crippen LogP contribution in [0, 0.1) is 0 Å². The fourth-order valence-electron chi connectivity index (χ4n) is 2.46. The van der Waals surface area contributed by atoms with Crippen LogP contribution in [0.4, 0.5) is 0 Å². The van der Waals surface area contributed by atoms with E-state index in [1.54, 1.807) is 18.2 Å². The van der Waals surface area contributed by atoms with Crippen LogP contribution < -0.4 is 0 Å². The van der Waals surface area contributed by atoms with E-state index in [1.165, 1.54) is 12.1 Å². The van der Waals surface area contributed by atoms with Gasteiger partial charge in [-0.15, -0.1) is 0 Å². The maximum absolute atomic E-state index is 11.2. The summed E-state index contributed by atoms with van der Waals surface area (Å²) in [5, 5.41) is 36.6. The molecule has 0 bridgehead atoms. The summed E-state index contributed by atoms with van der Waals surface area (Å²) in [5.74, 6) is -2.53. The van der Waals surface area contributed by atoms with Crippen LogP contribution in [0.15, 0.2) is 36.4 Å². The van der Waals surface area contributed by atoms with E-state index in [9.17, 15) is 19.8 Å². The molecule has 0 saturated carbocycles. The van der Waals surface area contributed by atoms with Gasteiger partial charge in [0, 0.05) is 25.0 Å². The molecule has 0 unspecified atom stereocenters. The number of phenols is 2. The molecule has 0 aliphatic rings. The van der Waals surface area contributed by atoms with Gasteiger partial charge in [-0.05, 0) is 34.6 Å². The van der Waals surface area contributed by atoms with Gasteiger partial charge in [0.2, 0.25) is 0 Å². The second kappa shape index (κ2) is 9.88. The molecule has 0 spiro atoms. The zero-order valence-corrected chi connectivity index (χ0v) is 20.7. The normalized spacial score (nSPS) is 11.0. The van der Waals surface area contributed by atoms with Gasteiger partial charge < -0.3 is 20.4 Å². The Morgan fingerprint density at radius 3 is 1.59 bits per heavy atom. The largest absolute Gasteiger partial charge is 0.507 e. The molecule has 2 aromatic carbocycles.